The van der Waals surface area contributed by atoms with Gasteiger partial charge in [0.2, 0.25) is 5.91 Å². The van der Waals surface area contributed by atoms with Crippen LogP contribution in [0.25, 0.3) is 0 Å². The molecule has 3 nitrogen and oxygen atoms in total. The van der Waals surface area contributed by atoms with Crippen molar-refractivity contribution in [2.75, 3.05) is 6.54 Å². The highest BCUT2D eigenvalue weighted by Crippen LogP contribution is 2.18. The lowest BCUT2D eigenvalue weighted by Gasteiger charge is -2.16. The molecule has 0 spiro atoms. The van der Waals surface area contributed by atoms with E-state index in [0.29, 0.717) is 13.0 Å². The predicted octanol–water partition coefficient (Wildman–Crippen LogP) is 1.69. The van der Waals surface area contributed by atoms with Crippen molar-refractivity contribution in [1.82, 2.24) is 10.4 Å². The number of nitrogens with zero attached hydrogens (tertiary/aromatic N) is 1. The van der Waals surface area contributed by atoms with E-state index in [-0.39, 0.29) is 5.91 Å². The number of hydrogen-bond donors (Lipinski definition) is 1. The Balaban J connectivity index is 2.10. The van der Waals surface area contributed by atoms with Gasteiger partial charge in [0.15, 0.2) is 0 Å². The molecule has 1 aromatic rings. The summed E-state index contributed by atoms with van der Waals surface area (Å²) < 4.78 is 1.04. The van der Waals surface area contributed by atoms with Crippen LogP contribution in [0.5, 0.6) is 0 Å². The first kappa shape index (κ1) is 9.68. The molecule has 1 saturated heterocycles. The second-order valence-corrected chi connectivity index (χ2v) is 4.08. The van der Waals surface area contributed by atoms with Crippen LogP contribution < -0.4 is 5.43 Å². The molecule has 0 radical (unpaired) electrons. The summed E-state index contributed by atoms with van der Waals surface area (Å²) in [6.45, 7) is 1.38. The maximum Gasteiger partial charge on any atom is 0.238 e. The fourth-order valence-corrected chi connectivity index (χ4v) is 1.87. The Bertz CT molecular complexity index is 354. The quantitative estimate of drug-likeness (QED) is 0.872. The van der Waals surface area contributed by atoms with Crippen molar-refractivity contribution in [3.63, 3.8) is 0 Å². The van der Waals surface area contributed by atoms with E-state index < -0.39 is 0 Å². The van der Waals surface area contributed by atoms with Gasteiger partial charge in [0.25, 0.3) is 0 Å². The van der Waals surface area contributed by atoms with E-state index in [4.69, 9.17) is 0 Å². The molecule has 0 saturated carbocycles. The topological polar surface area (TPSA) is 32.3 Å². The molecule has 1 amide bonds. The maximum absolute atomic E-state index is 11.3. The zero-order valence-corrected chi connectivity index (χ0v) is 9.25. The van der Waals surface area contributed by atoms with Crippen molar-refractivity contribution in [1.29, 1.82) is 0 Å². The standard InChI is InChI=1S/C10H11BrN2O/c11-9-4-2-1-3-8(9)7-13-10(14)5-6-12-13/h1-4,12H,5-7H2. The summed E-state index contributed by atoms with van der Waals surface area (Å²) in [5, 5.41) is 1.67. The van der Waals surface area contributed by atoms with Gasteiger partial charge in [0, 0.05) is 17.4 Å². The smallest absolute Gasteiger partial charge is 0.238 e. The summed E-state index contributed by atoms with van der Waals surface area (Å²) in [7, 11) is 0. The van der Waals surface area contributed by atoms with Gasteiger partial charge in [-0.2, -0.15) is 0 Å². The van der Waals surface area contributed by atoms with Crippen molar-refractivity contribution >= 4 is 21.8 Å². The molecule has 0 aromatic heterocycles. The molecule has 4 heteroatoms. The highest BCUT2D eigenvalue weighted by Gasteiger charge is 2.20. The van der Waals surface area contributed by atoms with Gasteiger partial charge in [0.1, 0.15) is 0 Å². The van der Waals surface area contributed by atoms with Crippen molar-refractivity contribution in [2.24, 2.45) is 0 Å². The van der Waals surface area contributed by atoms with E-state index in [0.717, 1.165) is 16.6 Å². The van der Waals surface area contributed by atoms with Crippen LogP contribution in [0.2, 0.25) is 0 Å². The van der Waals surface area contributed by atoms with Crippen LogP contribution in [0.1, 0.15) is 12.0 Å². The molecular formula is C10H11BrN2O. The molecule has 2 rings (SSSR count). The monoisotopic (exact) mass is 254 g/mol. The molecule has 0 bridgehead atoms. The van der Waals surface area contributed by atoms with Crippen molar-refractivity contribution in [3.8, 4) is 0 Å². The number of rotatable bonds is 2. The summed E-state index contributed by atoms with van der Waals surface area (Å²) in [6, 6.07) is 7.93. The minimum atomic E-state index is 0.167. The Morgan fingerprint density at radius 3 is 2.86 bits per heavy atom. The third kappa shape index (κ3) is 1.96. The van der Waals surface area contributed by atoms with E-state index in [2.05, 4.69) is 21.4 Å². The van der Waals surface area contributed by atoms with Crippen LogP contribution in [0.15, 0.2) is 28.7 Å². The minimum absolute atomic E-state index is 0.167. The van der Waals surface area contributed by atoms with E-state index in [1.807, 2.05) is 24.3 Å². The number of carbonyl (C=O) groups excluding carboxylic acids is 1. The lowest BCUT2D eigenvalue weighted by atomic mass is 10.2. The zero-order valence-electron chi connectivity index (χ0n) is 7.66. The van der Waals surface area contributed by atoms with Gasteiger partial charge < -0.3 is 0 Å². The lowest BCUT2D eigenvalue weighted by Crippen LogP contribution is -2.33. The van der Waals surface area contributed by atoms with Crippen LogP contribution in [0, 0.1) is 0 Å². The highest BCUT2D eigenvalue weighted by atomic mass is 79.9. The van der Waals surface area contributed by atoms with E-state index in [9.17, 15) is 4.79 Å². The van der Waals surface area contributed by atoms with Gasteiger partial charge >= 0.3 is 0 Å². The largest absolute Gasteiger partial charge is 0.273 e. The zero-order chi connectivity index (χ0) is 9.97. The van der Waals surface area contributed by atoms with Crippen LogP contribution in [0.4, 0.5) is 0 Å². The van der Waals surface area contributed by atoms with Crippen LogP contribution in [0.3, 0.4) is 0 Å². The average Bonchev–Trinajstić information content (AvgIpc) is 2.56. The van der Waals surface area contributed by atoms with E-state index in [1.165, 1.54) is 0 Å². The first-order valence-electron chi connectivity index (χ1n) is 4.54. The number of benzene rings is 1. The fourth-order valence-electron chi connectivity index (χ4n) is 1.46. The maximum atomic E-state index is 11.3. The Morgan fingerprint density at radius 1 is 1.43 bits per heavy atom. The van der Waals surface area contributed by atoms with Gasteiger partial charge in [0.05, 0.1) is 6.54 Å². The Hall–Kier alpha value is -0.870. The Labute approximate surface area is 91.2 Å². The number of carbonyl (C=O) groups is 1. The summed E-state index contributed by atoms with van der Waals surface area (Å²) in [5.41, 5.74) is 4.17. The molecule has 1 aromatic carbocycles. The molecule has 1 aliphatic heterocycles. The summed E-state index contributed by atoms with van der Waals surface area (Å²) in [6.07, 6.45) is 0.602. The van der Waals surface area contributed by atoms with E-state index in [1.54, 1.807) is 5.01 Å². The fraction of sp³-hybridized carbons (Fsp3) is 0.300. The van der Waals surface area contributed by atoms with Gasteiger partial charge in [-0.3, -0.25) is 9.80 Å². The number of halogens is 1. The molecular weight excluding hydrogens is 244 g/mol. The number of hydrazine groups is 1. The van der Waals surface area contributed by atoms with Crippen molar-refractivity contribution in [3.05, 3.63) is 34.3 Å². The molecule has 0 aliphatic carbocycles. The summed E-state index contributed by atoms with van der Waals surface area (Å²) >= 11 is 3.46. The first-order chi connectivity index (χ1) is 6.77. The average molecular weight is 255 g/mol. The summed E-state index contributed by atoms with van der Waals surface area (Å²) in [5.74, 6) is 0.167. The number of nitrogens with one attached hydrogen (secondary N) is 1. The second kappa shape index (κ2) is 4.11. The highest BCUT2D eigenvalue weighted by molar-refractivity contribution is 9.10. The van der Waals surface area contributed by atoms with Gasteiger partial charge in [-0.1, -0.05) is 34.1 Å². The summed E-state index contributed by atoms with van der Waals surface area (Å²) in [4.78, 5) is 11.3. The van der Waals surface area contributed by atoms with Gasteiger partial charge in [-0.15, -0.1) is 0 Å². The first-order valence-corrected chi connectivity index (χ1v) is 5.34. The predicted molar refractivity (Wildman–Crippen MR) is 57.3 cm³/mol. The Kier molecular flexibility index (Phi) is 2.84. The van der Waals surface area contributed by atoms with Crippen LogP contribution in [-0.4, -0.2) is 17.5 Å². The lowest BCUT2D eigenvalue weighted by molar-refractivity contribution is -0.130. The molecule has 1 fully saturated rings. The molecule has 0 atom stereocenters. The van der Waals surface area contributed by atoms with Gasteiger partial charge in [-0.25, -0.2) is 5.43 Å². The molecule has 14 heavy (non-hydrogen) atoms. The van der Waals surface area contributed by atoms with Crippen LogP contribution in [-0.2, 0) is 11.3 Å². The van der Waals surface area contributed by atoms with Crippen molar-refractivity contribution < 1.29 is 4.79 Å². The molecule has 74 valence electrons. The van der Waals surface area contributed by atoms with Gasteiger partial charge in [-0.05, 0) is 11.6 Å². The molecule has 1 heterocycles. The number of amides is 1. The van der Waals surface area contributed by atoms with Crippen LogP contribution >= 0.6 is 15.9 Å². The molecule has 1 N–H and O–H groups in total. The third-order valence-electron chi connectivity index (χ3n) is 2.23. The molecule has 0 unspecified atom stereocenters. The minimum Gasteiger partial charge on any atom is -0.273 e. The second-order valence-electron chi connectivity index (χ2n) is 3.23. The normalized spacial score (nSPS) is 16.4. The Morgan fingerprint density at radius 2 is 2.21 bits per heavy atom. The SMILES string of the molecule is O=C1CCNN1Cc1ccccc1Br. The third-order valence-corrected chi connectivity index (χ3v) is 3.00. The number of hydrogen-bond acceptors (Lipinski definition) is 2. The molecule has 1 aliphatic rings. The van der Waals surface area contributed by atoms with Crippen molar-refractivity contribution in [2.45, 2.75) is 13.0 Å². The van der Waals surface area contributed by atoms with E-state index >= 15 is 0 Å².